The minimum atomic E-state index is 0.141. The van der Waals surface area contributed by atoms with Crippen molar-refractivity contribution in [2.24, 2.45) is 4.99 Å². The molecule has 31 heavy (non-hydrogen) atoms. The van der Waals surface area contributed by atoms with E-state index in [1.165, 1.54) is 4.88 Å². The third-order valence-corrected chi connectivity index (χ3v) is 6.77. The highest BCUT2D eigenvalue weighted by Crippen LogP contribution is 2.39. The van der Waals surface area contributed by atoms with Crippen molar-refractivity contribution in [1.29, 1.82) is 5.26 Å². The highest BCUT2D eigenvalue weighted by Gasteiger charge is 2.20. The lowest BCUT2D eigenvalue weighted by atomic mass is 9.96. The number of fused-ring (bicyclic) bond motifs is 2. The van der Waals surface area contributed by atoms with Crippen LogP contribution < -0.4 is 10.1 Å². The molecule has 0 radical (unpaired) electrons. The van der Waals surface area contributed by atoms with Gasteiger partial charge in [0, 0.05) is 21.9 Å². The lowest BCUT2D eigenvalue weighted by Gasteiger charge is -2.09. The third kappa shape index (κ3) is 3.58. The van der Waals surface area contributed by atoms with Gasteiger partial charge in [0.25, 0.3) is 0 Å². The largest absolute Gasteiger partial charge is 0.508 e. The number of phenols is 1. The molecule has 5 rings (SSSR count). The fraction of sp³-hybridized carbons (Fsp3) is 0.200. The summed E-state index contributed by atoms with van der Waals surface area (Å²) >= 11 is 1.60. The van der Waals surface area contributed by atoms with E-state index in [9.17, 15) is 10.4 Å². The molecular weight excluding hydrogens is 408 g/mol. The zero-order valence-electron chi connectivity index (χ0n) is 17.0. The van der Waals surface area contributed by atoms with Gasteiger partial charge in [-0.3, -0.25) is 0 Å². The lowest BCUT2D eigenvalue weighted by Crippen LogP contribution is -2.03. The second-order valence-corrected chi connectivity index (χ2v) is 8.60. The Kier molecular flexibility index (Phi) is 4.97. The monoisotopic (exact) mass is 428 g/mol. The van der Waals surface area contributed by atoms with E-state index in [-0.39, 0.29) is 5.75 Å². The van der Waals surface area contributed by atoms with Crippen LogP contribution in [0.5, 0.6) is 11.5 Å². The Morgan fingerprint density at radius 3 is 2.68 bits per heavy atom. The smallest absolute Gasteiger partial charge is 0.137 e. The lowest BCUT2D eigenvalue weighted by molar-refractivity contribution is 0.415. The number of aryl methyl sites for hydroxylation is 1. The fourth-order valence-corrected chi connectivity index (χ4v) is 5.22. The Labute approximate surface area is 183 Å². The van der Waals surface area contributed by atoms with Crippen LogP contribution >= 0.6 is 11.3 Å². The predicted octanol–water partition coefficient (Wildman–Crippen LogP) is 5.86. The summed E-state index contributed by atoms with van der Waals surface area (Å²) in [4.78, 5) is 6.17. The van der Waals surface area contributed by atoms with Crippen LogP contribution in [0.1, 0.15) is 28.8 Å². The molecule has 5 nitrogen and oxygen atoms in total. The van der Waals surface area contributed by atoms with Gasteiger partial charge in [-0.1, -0.05) is 0 Å². The quantitative estimate of drug-likeness (QED) is 0.443. The Morgan fingerprint density at radius 2 is 1.90 bits per heavy atom. The van der Waals surface area contributed by atoms with Crippen molar-refractivity contribution in [2.45, 2.75) is 25.7 Å². The summed E-state index contributed by atoms with van der Waals surface area (Å²) in [6.45, 7) is 0. The zero-order chi connectivity index (χ0) is 21.4. The number of aromatic hydroxyl groups is 1. The molecule has 1 N–H and O–H groups in total. The molecule has 154 valence electrons. The molecule has 2 heterocycles. The first kappa shape index (κ1) is 19.4. The van der Waals surface area contributed by atoms with Gasteiger partial charge < -0.3 is 14.3 Å². The predicted molar refractivity (Wildman–Crippen MR) is 121 cm³/mol. The summed E-state index contributed by atoms with van der Waals surface area (Å²) in [6, 6.07) is 16.8. The molecule has 0 aliphatic heterocycles. The number of ether oxygens (including phenoxy) is 1. The normalized spacial score (nSPS) is 13.7. The van der Waals surface area contributed by atoms with E-state index in [4.69, 9.17) is 14.1 Å². The molecule has 0 amide bonds. The first-order valence-corrected chi connectivity index (χ1v) is 11.0. The van der Waals surface area contributed by atoms with Gasteiger partial charge in [-0.15, -0.1) is 11.3 Å². The molecule has 0 atom stereocenters. The number of methoxy groups -OCH3 is 1. The molecule has 0 saturated carbocycles. The number of benzene rings is 2. The molecule has 1 aliphatic rings. The van der Waals surface area contributed by atoms with E-state index in [1.807, 2.05) is 30.3 Å². The van der Waals surface area contributed by atoms with Crippen molar-refractivity contribution in [3.8, 4) is 28.9 Å². The minimum Gasteiger partial charge on any atom is -0.508 e. The summed E-state index contributed by atoms with van der Waals surface area (Å²) < 4.78 is 11.4. The minimum absolute atomic E-state index is 0.141. The summed E-state index contributed by atoms with van der Waals surface area (Å²) in [7, 11) is 1.63. The molecule has 4 aromatic rings. The molecule has 2 aromatic heterocycles. The van der Waals surface area contributed by atoms with Crippen LogP contribution in [0, 0.1) is 11.3 Å². The number of thiophene rings is 1. The Bertz CT molecular complexity index is 1390. The molecule has 6 heteroatoms. The van der Waals surface area contributed by atoms with Gasteiger partial charge in [-0.05, 0) is 73.7 Å². The van der Waals surface area contributed by atoms with Crippen LogP contribution in [0.3, 0.4) is 0 Å². The van der Waals surface area contributed by atoms with Crippen LogP contribution in [0.15, 0.2) is 57.9 Å². The molecule has 0 bridgehead atoms. The van der Waals surface area contributed by atoms with Crippen molar-refractivity contribution in [2.75, 3.05) is 7.11 Å². The van der Waals surface area contributed by atoms with Crippen LogP contribution in [0.25, 0.3) is 22.3 Å². The van der Waals surface area contributed by atoms with Gasteiger partial charge in [0.2, 0.25) is 0 Å². The summed E-state index contributed by atoms with van der Waals surface area (Å²) in [6.07, 6.45) is 4.21. The number of rotatable bonds is 3. The van der Waals surface area contributed by atoms with Crippen molar-refractivity contribution in [3.63, 3.8) is 0 Å². The molecule has 0 fully saturated rings. The van der Waals surface area contributed by atoms with Gasteiger partial charge in [-0.2, -0.15) is 5.26 Å². The van der Waals surface area contributed by atoms with Crippen molar-refractivity contribution < 1.29 is 14.3 Å². The van der Waals surface area contributed by atoms with E-state index in [0.717, 1.165) is 47.6 Å². The average molecular weight is 429 g/mol. The SMILES string of the molecule is COc1ccc(-c2cc(=Nc3sc4c(c3C#N)CCCC4)c3cc(O)ccc3o2)cc1. The van der Waals surface area contributed by atoms with Gasteiger partial charge in [-0.25, -0.2) is 4.99 Å². The van der Waals surface area contributed by atoms with Crippen LogP contribution in [0.2, 0.25) is 0 Å². The zero-order valence-corrected chi connectivity index (χ0v) is 17.8. The fourth-order valence-electron chi connectivity index (χ4n) is 4.00. The molecule has 0 unspecified atom stereocenters. The van der Waals surface area contributed by atoms with Crippen LogP contribution in [0.4, 0.5) is 5.00 Å². The van der Waals surface area contributed by atoms with Crippen molar-refractivity contribution >= 4 is 27.3 Å². The standard InChI is InChI=1S/C25H20N2O3S/c1-29-17-9-6-15(7-10-17)23-13-21(19-12-16(28)8-11-22(19)30-23)27-25-20(14-26)18-4-2-3-5-24(18)31-25/h6-13,28H,2-5H2,1H3. The highest BCUT2D eigenvalue weighted by molar-refractivity contribution is 7.16. The Hall–Kier alpha value is -3.56. The number of hydrogen-bond donors (Lipinski definition) is 1. The second-order valence-electron chi connectivity index (χ2n) is 7.52. The van der Waals surface area contributed by atoms with Crippen molar-refractivity contribution in [1.82, 2.24) is 0 Å². The molecular formula is C25H20N2O3S. The van der Waals surface area contributed by atoms with Crippen LogP contribution in [-0.2, 0) is 12.8 Å². The van der Waals surface area contributed by atoms with Gasteiger partial charge >= 0.3 is 0 Å². The maximum absolute atomic E-state index is 10.1. The number of hydrogen-bond acceptors (Lipinski definition) is 6. The maximum Gasteiger partial charge on any atom is 0.137 e. The van der Waals surface area contributed by atoms with Gasteiger partial charge in [0.1, 0.15) is 33.9 Å². The summed E-state index contributed by atoms with van der Waals surface area (Å²) in [5.74, 6) is 1.56. The van der Waals surface area contributed by atoms with E-state index < -0.39 is 0 Å². The highest BCUT2D eigenvalue weighted by atomic mass is 32.1. The van der Waals surface area contributed by atoms with E-state index in [2.05, 4.69) is 6.07 Å². The Morgan fingerprint density at radius 1 is 1.10 bits per heavy atom. The van der Waals surface area contributed by atoms with Gasteiger partial charge in [0.15, 0.2) is 0 Å². The average Bonchev–Trinajstić information content (AvgIpc) is 3.16. The first-order chi connectivity index (χ1) is 15.2. The Balaban J connectivity index is 1.75. The number of phenolic OH excluding ortho intramolecular Hbond substituents is 1. The van der Waals surface area contributed by atoms with Gasteiger partial charge in [0.05, 0.1) is 18.0 Å². The summed E-state index contributed by atoms with van der Waals surface area (Å²) in [5, 5.41) is 22.0. The third-order valence-electron chi connectivity index (χ3n) is 5.59. The first-order valence-electron chi connectivity index (χ1n) is 10.2. The molecule has 1 aliphatic carbocycles. The van der Waals surface area contributed by atoms with Crippen molar-refractivity contribution in [3.05, 3.63) is 69.9 Å². The van der Waals surface area contributed by atoms with E-state index in [0.29, 0.717) is 27.7 Å². The molecule has 0 saturated heterocycles. The number of nitriles is 1. The van der Waals surface area contributed by atoms with Crippen LogP contribution in [-0.4, -0.2) is 12.2 Å². The molecule has 0 spiro atoms. The summed E-state index contributed by atoms with van der Waals surface area (Å²) in [5.41, 5.74) is 3.34. The van der Waals surface area contributed by atoms with E-state index >= 15 is 0 Å². The van der Waals surface area contributed by atoms with E-state index in [1.54, 1.807) is 36.6 Å². The second kappa shape index (κ2) is 7.93. The maximum atomic E-state index is 10.1. The number of nitrogens with zero attached hydrogens (tertiary/aromatic N) is 2. The molecule has 2 aromatic carbocycles. The topological polar surface area (TPSA) is 78.8 Å².